The molecule has 0 aromatic heterocycles. The molecule has 0 aromatic carbocycles. The van der Waals surface area contributed by atoms with Gasteiger partial charge in [-0.25, -0.2) is 0 Å². The van der Waals surface area contributed by atoms with Gasteiger partial charge in [0.25, 0.3) is 0 Å². The zero-order chi connectivity index (χ0) is 12.1. The monoisotopic (exact) mass is 238 g/mol. The molecule has 98 valence electrons. The predicted octanol–water partition coefficient (Wildman–Crippen LogP) is 2.22. The second-order valence-electron chi connectivity index (χ2n) is 6.17. The maximum atomic E-state index is 11.7. The van der Waals surface area contributed by atoms with Crippen LogP contribution in [0.4, 0.5) is 0 Å². The standard InChI is InChI=1S/C14H26N2O/c1-14(8-5-9-14)11-15-10-13(17)16-12-6-3-2-4-7-12/h12,15H,2-11H2,1H3,(H,16,17). The van der Waals surface area contributed by atoms with E-state index in [1.165, 1.54) is 51.4 Å². The molecule has 2 aliphatic rings. The summed E-state index contributed by atoms with van der Waals surface area (Å²) in [7, 11) is 0. The second kappa shape index (κ2) is 5.85. The number of carbonyl (C=O) groups excluding carboxylic acids is 1. The summed E-state index contributed by atoms with van der Waals surface area (Å²) >= 11 is 0. The summed E-state index contributed by atoms with van der Waals surface area (Å²) in [6, 6.07) is 0.442. The van der Waals surface area contributed by atoms with Gasteiger partial charge in [-0.1, -0.05) is 32.6 Å². The van der Waals surface area contributed by atoms with Crippen LogP contribution in [0.3, 0.4) is 0 Å². The molecule has 1 amide bonds. The fourth-order valence-corrected chi connectivity index (χ4v) is 2.96. The van der Waals surface area contributed by atoms with Crippen molar-refractivity contribution in [3.63, 3.8) is 0 Å². The minimum atomic E-state index is 0.180. The molecule has 3 nitrogen and oxygen atoms in total. The number of rotatable bonds is 5. The Morgan fingerprint density at radius 1 is 1.18 bits per heavy atom. The Labute approximate surface area is 105 Å². The zero-order valence-corrected chi connectivity index (χ0v) is 11.1. The maximum absolute atomic E-state index is 11.7. The average Bonchev–Trinajstić information content (AvgIpc) is 2.28. The largest absolute Gasteiger partial charge is 0.352 e. The van der Waals surface area contributed by atoms with Crippen molar-refractivity contribution in [3.05, 3.63) is 0 Å². The maximum Gasteiger partial charge on any atom is 0.234 e. The lowest BCUT2D eigenvalue weighted by atomic mass is 9.70. The third kappa shape index (κ3) is 3.98. The first-order valence-corrected chi connectivity index (χ1v) is 7.18. The highest BCUT2D eigenvalue weighted by Crippen LogP contribution is 2.39. The molecule has 0 aliphatic heterocycles. The first-order chi connectivity index (χ1) is 8.18. The summed E-state index contributed by atoms with van der Waals surface area (Å²) < 4.78 is 0. The van der Waals surface area contributed by atoms with Gasteiger partial charge < -0.3 is 10.6 Å². The zero-order valence-electron chi connectivity index (χ0n) is 11.1. The Balaban J connectivity index is 1.57. The topological polar surface area (TPSA) is 41.1 Å². The van der Waals surface area contributed by atoms with Crippen molar-refractivity contribution in [2.45, 2.75) is 64.3 Å². The van der Waals surface area contributed by atoms with E-state index in [1.54, 1.807) is 0 Å². The van der Waals surface area contributed by atoms with Gasteiger partial charge in [0.15, 0.2) is 0 Å². The van der Waals surface area contributed by atoms with E-state index in [2.05, 4.69) is 17.6 Å². The fourth-order valence-electron chi connectivity index (χ4n) is 2.96. The van der Waals surface area contributed by atoms with E-state index in [-0.39, 0.29) is 5.91 Å². The highest BCUT2D eigenvalue weighted by molar-refractivity contribution is 5.78. The molecule has 0 saturated heterocycles. The summed E-state index contributed by atoms with van der Waals surface area (Å²) in [6.07, 6.45) is 10.2. The van der Waals surface area contributed by atoms with Crippen molar-refractivity contribution in [2.75, 3.05) is 13.1 Å². The molecule has 17 heavy (non-hydrogen) atoms. The number of nitrogens with one attached hydrogen (secondary N) is 2. The lowest BCUT2D eigenvalue weighted by molar-refractivity contribution is -0.121. The molecule has 2 fully saturated rings. The van der Waals surface area contributed by atoms with Gasteiger partial charge in [-0.2, -0.15) is 0 Å². The van der Waals surface area contributed by atoms with Crippen LogP contribution in [0.2, 0.25) is 0 Å². The molecule has 0 aromatic rings. The molecule has 0 unspecified atom stereocenters. The van der Waals surface area contributed by atoms with Gasteiger partial charge in [0.05, 0.1) is 6.54 Å². The van der Waals surface area contributed by atoms with Crippen molar-refractivity contribution in [2.24, 2.45) is 5.41 Å². The van der Waals surface area contributed by atoms with Crippen molar-refractivity contribution in [3.8, 4) is 0 Å². The molecule has 2 rings (SSSR count). The smallest absolute Gasteiger partial charge is 0.234 e. The Bertz CT molecular complexity index is 255. The third-order valence-electron chi connectivity index (χ3n) is 4.37. The Morgan fingerprint density at radius 3 is 2.47 bits per heavy atom. The Hall–Kier alpha value is -0.570. The highest BCUT2D eigenvalue weighted by atomic mass is 16.1. The van der Waals surface area contributed by atoms with E-state index < -0.39 is 0 Å². The SMILES string of the molecule is CC1(CNCC(=O)NC2CCCCC2)CCC1. The van der Waals surface area contributed by atoms with Crippen molar-refractivity contribution in [1.82, 2.24) is 10.6 Å². The average molecular weight is 238 g/mol. The Morgan fingerprint density at radius 2 is 1.88 bits per heavy atom. The number of amides is 1. The van der Waals surface area contributed by atoms with Crippen LogP contribution in [0.1, 0.15) is 58.3 Å². The van der Waals surface area contributed by atoms with Crippen molar-refractivity contribution >= 4 is 5.91 Å². The van der Waals surface area contributed by atoms with E-state index in [0.29, 0.717) is 18.0 Å². The molecule has 2 N–H and O–H groups in total. The van der Waals surface area contributed by atoms with E-state index in [0.717, 1.165) is 6.54 Å². The van der Waals surface area contributed by atoms with Crippen LogP contribution in [0.15, 0.2) is 0 Å². The molecule has 0 spiro atoms. The predicted molar refractivity (Wildman–Crippen MR) is 69.8 cm³/mol. The summed E-state index contributed by atoms with van der Waals surface area (Å²) in [5.41, 5.74) is 0.463. The first kappa shape index (κ1) is 12.9. The molecular formula is C14H26N2O. The summed E-state index contributed by atoms with van der Waals surface area (Å²) in [5.74, 6) is 0.180. The summed E-state index contributed by atoms with van der Waals surface area (Å²) in [4.78, 5) is 11.7. The van der Waals surface area contributed by atoms with E-state index in [4.69, 9.17) is 0 Å². The first-order valence-electron chi connectivity index (χ1n) is 7.18. The van der Waals surface area contributed by atoms with Gasteiger partial charge in [-0.3, -0.25) is 4.79 Å². The molecule has 0 atom stereocenters. The van der Waals surface area contributed by atoms with Crippen LogP contribution in [0.25, 0.3) is 0 Å². The summed E-state index contributed by atoms with van der Waals surface area (Å²) in [5, 5.41) is 6.44. The number of carbonyl (C=O) groups is 1. The minimum absolute atomic E-state index is 0.180. The molecular weight excluding hydrogens is 212 g/mol. The van der Waals surface area contributed by atoms with E-state index in [9.17, 15) is 4.79 Å². The van der Waals surface area contributed by atoms with E-state index >= 15 is 0 Å². The summed E-state index contributed by atoms with van der Waals surface area (Å²) in [6.45, 7) is 3.79. The van der Waals surface area contributed by atoms with Gasteiger partial charge in [-0.15, -0.1) is 0 Å². The molecule has 3 heteroatoms. The van der Waals surface area contributed by atoms with Gasteiger partial charge in [0.1, 0.15) is 0 Å². The third-order valence-corrected chi connectivity index (χ3v) is 4.37. The highest BCUT2D eigenvalue weighted by Gasteiger charge is 2.31. The van der Waals surface area contributed by atoms with Crippen LogP contribution in [0, 0.1) is 5.41 Å². The second-order valence-corrected chi connectivity index (χ2v) is 6.17. The lowest BCUT2D eigenvalue weighted by Crippen LogP contribution is -2.44. The van der Waals surface area contributed by atoms with Crippen LogP contribution in [0.5, 0.6) is 0 Å². The molecule has 0 radical (unpaired) electrons. The fraction of sp³-hybridized carbons (Fsp3) is 0.929. The van der Waals surface area contributed by atoms with Crippen molar-refractivity contribution in [1.29, 1.82) is 0 Å². The van der Waals surface area contributed by atoms with Crippen molar-refractivity contribution < 1.29 is 4.79 Å². The van der Waals surface area contributed by atoms with Gasteiger partial charge in [-0.05, 0) is 31.1 Å². The van der Waals surface area contributed by atoms with Gasteiger partial charge >= 0.3 is 0 Å². The number of hydrogen-bond donors (Lipinski definition) is 2. The van der Waals surface area contributed by atoms with E-state index in [1.807, 2.05) is 0 Å². The number of hydrogen-bond acceptors (Lipinski definition) is 2. The Kier molecular flexibility index (Phi) is 4.43. The van der Waals surface area contributed by atoms with Crippen LogP contribution >= 0.6 is 0 Å². The van der Waals surface area contributed by atoms with Crippen LogP contribution in [-0.4, -0.2) is 25.0 Å². The van der Waals surface area contributed by atoms with Crippen LogP contribution in [-0.2, 0) is 4.79 Å². The lowest BCUT2D eigenvalue weighted by Gasteiger charge is -2.38. The quantitative estimate of drug-likeness (QED) is 0.771. The van der Waals surface area contributed by atoms with Gasteiger partial charge in [0, 0.05) is 12.6 Å². The minimum Gasteiger partial charge on any atom is -0.352 e. The van der Waals surface area contributed by atoms with Gasteiger partial charge in [0.2, 0.25) is 5.91 Å². The molecule has 0 bridgehead atoms. The normalized spacial score (nSPS) is 24.1. The molecule has 0 heterocycles. The van der Waals surface area contributed by atoms with Crippen LogP contribution < -0.4 is 10.6 Å². The molecule has 2 aliphatic carbocycles. The molecule has 2 saturated carbocycles.